The lowest BCUT2D eigenvalue weighted by molar-refractivity contribution is 0.0795. The van der Waals surface area contributed by atoms with Crippen LogP contribution < -0.4 is 4.74 Å². The predicted octanol–water partition coefficient (Wildman–Crippen LogP) is 3.37. The fourth-order valence-corrected chi connectivity index (χ4v) is 2.49. The highest BCUT2D eigenvalue weighted by molar-refractivity contribution is 5.94. The van der Waals surface area contributed by atoms with Crippen molar-refractivity contribution < 1.29 is 14.1 Å². The third-order valence-electron chi connectivity index (χ3n) is 4.12. The molecule has 6 heteroatoms. The quantitative estimate of drug-likeness (QED) is 0.681. The van der Waals surface area contributed by atoms with E-state index in [1.54, 1.807) is 43.3 Å². The van der Waals surface area contributed by atoms with Crippen LogP contribution in [0.15, 0.2) is 53.1 Å². The van der Waals surface area contributed by atoms with Gasteiger partial charge in [-0.1, -0.05) is 22.9 Å². The second-order valence-electron chi connectivity index (χ2n) is 6.09. The number of carbonyl (C=O) groups is 1. The Morgan fingerprint density at radius 3 is 2.46 bits per heavy atom. The number of amides is 1. The second kappa shape index (κ2) is 7.82. The zero-order valence-electron chi connectivity index (χ0n) is 15.1. The number of carbonyl (C=O) groups excluding carboxylic acids is 1. The number of hydrogen-bond acceptors (Lipinski definition) is 5. The molecule has 1 heterocycles. The number of aryl methyl sites for hydroxylation is 1. The Bertz CT molecular complexity index is 870. The second-order valence-corrected chi connectivity index (χ2v) is 6.09. The molecule has 1 aromatic heterocycles. The van der Waals surface area contributed by atoms with E-state index in [1.165, 1.54) is 5.56 Å². The first-order chi connectivity index (χ1) is 12.6. The summed E-state index contributed by atoms with van der Waals surface area (Å²) in [7, 11) is 3.35. The van der Waals surface area contributed by atoms with Gasteiger partial charge >= 0.3 is 0 Å². The molecular weight excluding hydrogens is 330 g/mol. The van der Waals surface area contributed by atoms with Crippen LogP contribution in [0.25, 0.3) is 11.5 Å². The molecule has 0 aliphatic carbocycles. The lowest BCUT2D eigenvalue weighted by atomic mass is 10.1. The van der Waals surface area contributed by atoms with Gasteiger partial charge in [-0.15, -0.1) is 0 Å². The fraction of sp³-hybridized carbons (Fsp3) is 0.250. The maximum Gasteiger partial charge on any atom is 0.257 e. The first kappa shape index (κ1) is 17.7. The van der Waals surface area contributed by atoms with Crippen LogP contribution in [0, 0.1) is 6.92 Å². The molecule has 0 aliphatic rings. The third-order valence-corrected chi connectivity index (χ3v) is 4.12. The van der Waals surface area contributed by atoms with Crippen molar-refractivity contribution in [3.05, 3.63) is 65.5 Å². The lowest BCUT2D eigenvalue weighted by Crippen LogP contribution is -2.29. The van der Waals surface area contributed by atoms with Crippen LogP contribution >= 0.6 is 0 Å². The van der Waals surface area contributed by atoms with Crippen molar-refractivity contribution in [3.8, 4) is 17.2 Å². The molecule has 3 rings (SSSR count). The number of hydrogen-bond donors (Lipinski definition) is 0. The van der Waals surface area contributed by atoms with Crippen molar-refractivity contribution in [1.82, 2.24) is 15.0 Å². The van der Waals surface area contributed by atoms with Crippen LogP contribution in [0.2, 0.25) is 0 Å². The number of ether oxygens (including phenoxy) is 1. The average molecular weight is 351 g/mol. The highest BCUT2D eigenvalue weighted by Crippen LogP contribution is 2.18. The highest BCUT2D eigenvalue weighted by atomic mass is 16.5. The molecule has 1 amide bonds. The van der Waals surface area contributed by atoms with Crippen molar-refractivity contribution >= 4 is 5.91 Å². The molecule has 3 aromatic rings. The van der Waals surface area contributed by atoms with Gasteiger partial charge in [-0.25, -0.2) is 0 Å². The third kappa shape index (κ3) is 4.08. The van der Waals surface area contributed by atoms with Crippen LogP contribution in [-0.2, 0) is 6.42 Å². The summed E-state index contributed by atoms with van der Waals surface area (Å²) in [6.45, 7) is 2.52. The molecule has 0 saturated carbocycles. The van der Waals surface area contributed by atoms with Crippen molar-refractivity contribution in [3.63, 3.8) is 0 Å². The van der Waals surface area contributed by atoms with E-state index in [0.29, 0.717) is 30.2 Å². The molecule has 0 unspecified atom stereocenters. The smallest absolute Gasteiger partial charge is 0.257 e. The Morgan fingerprint density at radius 2 is 1.81 bits per heavy atom. The van der Waals surface area contributed by atoms with Crippen LogP contribution in [0.3, 0.4) is 0 Å². The van der Waals surface area contributed by atoms with E-state index < -0.39 is 0 Å². The Labute approximate surface area is 152 Å². The summed E-state index contributed by atoms with van der Waals surface area (Å²) in [5.74, 6) is 1.73. The minimum Gasteiger partial charge on any atom is -0.497 e. The van der Waals surface area contributed by atoms with Gasteiger partial charge in [0.2, 0.25) is 0 Å². The molecule has 2 aromatic carbocycles. The summed E-state index contributed by atoms with van der Waals surface area (Å²) < 4.78 is 10.4. The standard InChI is InChI=1S/C20H21N3O3/c1-14-4-6-15(7-5-14)19-21-18(22-26-19)12-13-23(2)20(24)16-8-10-17(25-3)11-9-16/h4-11H,12-13H2,1-3H3. The van der Waals surface area contributed by atoms with Crippen molar-refractivity contribution in [2.24, 2.45) is 0 Å². The molecule has 6 nitrogen and oxygen atoms in total. The maximum atomic E-state index is 12.4. The number of methoxy groups -OCH3 is 1. The predicted molar refractivity (Wildman–Crippen MR) is 98.1 cm³/mol. The van der Waals surface area contributed by atoms with Gasteiger partial charge in [-0.05, 0) is 43.3 Å². The van der Waals surface area contributed by atoms with Gasteiger partial charge < -0.3 is 14.2 Å². The fourth-order valence-electron chi connectivity index (χ4n) is 2.49. The number of aromatic nitrogens is 2. The largest absolute Gasteiger partial charge is 0.497 e. The van der Waals surface area contributed by atoms with Gasteiger partial charge in [0.1, 0.15) is 5.75 Å². The lowest BCUT2D eigenvalue weighted by Gasteiger charge is -2.16. The van der Waals surface area contributed by atoms with Gasteiger partial charge in [-0.2, -0.15) is 4.98 Å². The van der Waals surface area contributed by atoms with E-state index in [-0.39, 0.29) is 5.91 Å². The first-order valence-electron chi connectivity index (χ1n) is 8.36. The molecule has 0 spiro atoms. The van der Waals surface area contributed by atoms with Crippen molar-refractivity contribution in [2.45, 2.75) is 13.3 Å². The van der Waals surface area contributed by atoms with Gasteiger partial charge in [0.15, 0.2) is 5.82 Å². The summed E-state index contributed by atoms with van der Waals surface area (Å²) >= 11 is 0. The van der Waals surface area contributed by atoms with Crippen LogP contribution in [-0.4, -0.2) is 41.6 Å². The summed E-state index contributed by atoms with van der Waals surface area (Å²) in [5, 5.41) is 4.00. The molecule has 0 saturated heterocycles. The number of likely N-dealkylation sites (N-methyl/N-ethyl adjacent to an activating group) is 1. The van der Waals surface area contributed by atoms with Crippen molar-refractivity contribution in [1.29, 1.82) is 0 Å². The minimum atomic E-state index is -0.0603. The number of rotatable bonds is 6. The number of benzene rings is 2. The molecule has 0 N–H and O–H groups in total. The highest BCUT2D eigenvalue weighted by Gasteiger charge is 2.14. The molecule has 0 bridgehead atoms. The average Bonchev–Trinajstić information content (AvgIpc) is 3.15. The molecule has 0 atom stereocenters. The maximum absolute atomic E-state index is 12.4. The molecule has 26 heavy (non-hydrogen) atoms. The molecule has 134 valence electrons. The Kier molecular flexibility index (Phi) is 5.31. The zero-order valence-corrected chi connectivity index (χ0v) is 15.1. The van der Waals surface area contributed by atoms with Gasteiger partial charge in [0, 0.05) is 31.1 Å². The minimum absolute atomic E-state index is 0.0603. The number of nitrogens with zero attached hydrogens (tertiary/aromatic N) is 3. The SMILES string of the molecule is COc1ccc(C(=O)N(C)CCc2noc(-c3ccc(C)cc3)n2)cc1. The summed E-state index contributed by atoms with van der Waals surface area (Å²) in [6, 6.07) is 14.9. The van der Waals surface area contributed by atoms with E-state index in [2.05, 4.69) is 10.1 Å². The van der Waals surface area contributed by atoms with E-state index in [9.17, 15) is 4.79 Å². The van der Waals surface area contributed by atoms with E-state index >= 15 is 0 Å². The zero-order chi connectivity index (χ0) is 18.5. The van der Waals surface area contributed by atoms with E-state index in [0.717, 1.165) is 11.3 Å². The van der Waals surface area contributed by atoms with Crippen LogP contribution in [0.5, 0.6) is 5.75 Å². The van der Waals surface area contributed by atoms with Crippen LogP contribution in [0.1, 0.15) is 21.7 Å². The Morgan fingerprint density at radius 1 is 1.12 bits per heavy atom. The Balaban J connectivity index is 1.59. The Hall–Kier alpha value is -3.15. The van der Waals surface area contributed by atoms with Gasteiger partial charge in [0.25, 0.3) is 11.8 Å². The molecule has 0 radical (unpaired) electrons. The molecule has 0 fully saturated rings. The summed E-state index contributed by atoms with van der Waals surface area (Å²) in [6.07, 6.45) is 0.522. The monoisotopic (exact) mass is 351 g/mol. The summed E-state index contributed by atoms with van der Waals surface area (Å²) in [4.78, 5) is 18.5. The van der Waals surface area contributed by atoms with Crippen molar-refractivity contribution in [2.75, 3.05) is 20.7 Å². The van der Waals surface area contributed by atoms with E-state index in [4.69, 9.17) is 9.26 Å². The van der Waals surface area contributed by atoms with E-state index in [1.807, 2.05) is 31.2 Å². The van der Waals surface area contributed by atoms with Gasteiger partial charge in [0.05, 0.1) is 7.11 Å². The van der Waals surface area contributed by atoms with Gasteiger partial charge in [-0.3, -0.25) is 4.79 Å². The summed E-state index contributed by atoms with van der Waals surface area (Å²) in [5.41, 5.74) is 2.67. The normalized spacial score (nSPS) is 10.6. The first-order valence-corrected chi connectivity index (χ1v) is 8.36. The molecular formula is C20H21N3O3. The van der Waals surface area contributed by atoms with Crippen LogP contribution in [0.4, 0.5) is 0 Å². The topological polar surface area (TPSA) is 68.5 Å². The molecule has 0 aliphatic heterocycles.